The van der Waals surface area contributed by atoms with E-state index < -0.39 is 6.10 Å². The van der Waals surface area contributed by atoms with Gasteiger partial charge >= 0.3 is 0 Å². The lowest BCUT2D eigenvalue weighted by molar-refractivity contribution is -0.138. The van der Waals surface area contributed by atoms with Gasteiger partial charge in [-0.15, -0.1) is 0 Å². The molecule has 0 radical (unpaired) electrons. The van der Waals surface area contributed by atoms with E-state index in [-0.39, 0.29) is 5.91 Å². The molecule has 0 N–H and O–H groups in total. The van der Waals surface area contributed by atoms with Gasteiger partial charge in [0.15, 0.2) is 6.10 Å². The van der Waals surface area contributed by atoms with Gasteiger partial charge in [-0.25, -0.2) is 0 Å². The Bertz CT molecular complexity index is 804. The van der Waals surface area contributed by atoms with Gasteiger partial charge in [-0.05, 0) is 49.7 Å². The molecule has 2 aromatic rings. The summed E-state index contributed by atoms with van der Waals surface area (Å²) in [5.41, 5.74) is 1.98. The minimum Gasteiger partial charge on any atom is -0.495 e. The number of piperazine rings is 1. The van der Waals surface area contributed by atoms with Gasteiger partial charge in [-0.1, -0.05) is 23.7 Å². The van der Waals surface area contributed by atoms with Gasteiger partial charge in [0.05, 0.1) is 12.8 Å². The molecule has 0 aliphatic carbocycles. The Morgan fingerprint density at radius 2 is 1.78 bits per heavy atom. The third-order valence-electron chi connectivity index (χ3n) is 4.81. The van der Waals surface area contributed by atoms with Crippen LogP contribution in [0.25, 0.3) is 0 Å². The summed E-state index contributed by atoms with van der Waals surface area (Å²) < 4.78 is 11.3. The summed E-state index contributed by atoms with van der Waals surface area (Å²) >= 11 is 5.98. The maximum atomic E-state index is 12.8. The number of carbonyl (C=O) groups excluding carboxylic acids is 1. The summed E-state index contributed by atoms with van der Waals surface area (Å²) in [5.74, 6) is 1.55. The molecule has 1 aliphatic rings. The second-order valence-corrected chi connectivity index (χ2v) is 7.09. The molecule has 6 heteroatoms. The largest absolute Gasteiger partial charge is 0.495 e. The van der Waals surface area contributed by atoms with Crippen LogP contribution in [0.1, 0.15) is 12.5 Å². The first-order valence-corrected chi connectivity index (χ1v) is 9.47. The van der Waals surface area contributed by atoms with Crippen molar-refractivity contribution in [2.75, 3.05) is 38.2 Å². The number of rotatable bonds is 5. The lowest BCUT2D eigenvalue weighted by atomic mass is 10.2. The molecule has 1 unspecified atom stereocenters. The van der Waals surface area contributed by atoms with Crippen molar-refractivity contribution >= 4 is 23.2 Å². The van der Waals surface area contributed by atoms with Crippen molar-refractivity contribution in [2.24, 2.45) is 0 Å². The zero-order valence-corrected chi connectivity index (χ0v) is 16.7. The number of amides is 1. The van der Waals surface area contributed by atoms with Crippen molar-refractivity contribution in [1.82, 2.24) is 4.90 Å². The lowest BCUT2D eigenvalue weighted by Gasteiger charge is -2.37. The van der Waals surface area contributed by atoms with E-state index in [1.807, 2.05) is 42.2 Å². The first-order valence-electron chi connectivity index (χ1n) is 9.09. The fraction of sp³-hybridized carbons (Fsp3) is 0.381. The van der Waals surface area contributed by atoms with Crippen molar-refractivity contribution in [3.63, 3.8) is 0 Å². The third kappa shape index (κ3) is 4.48. The van der Waals surface area contributed by atoms with Gasteiger partial charge in [0.1, 0.15) is 11.5 Å². The Kier molecular flexibility index (Phi) is 6.11. The topological polar surface area (TPSA) is 42.0 Å². The van der Waals surface area contributed by atoms with Crippen LogP contribution in [-0.2, 0) is 4.79 Å². The standard InChI is InChI=1S/C21H25ClN2O3/c1-15-14-17(22)8-9-19(15)27-16(2)21(25)24-12-10-23(11-13-24)18-6-4-5-7-20(18)26-3/h4-9,14,16H,10-13H2,1-3H3. The number of hydrogen-bond acceptors (Lipinski definition) is 4. The molecule has 0 saturated carbocycles. The second kappa shape index (κ2) is 8.53. The van der Waals surface area contributed by atoms with Crippen LogP contribution in [0.2, 0.25) is 5.02 Å². The smallest absolute Gasteiger partial charge is 0.263 e. The molecule has 27 heavy (non-hydrogen) atoms. The van der Waals surface area contributed by atoms with Crippen LogP contribution in [0.3, 0.4) is 0 Å². The average Bonchev–Trinajstić information content (AvgIpc) is 2.69. The van der Waals surface area contributed by atoms with Crippen molar-refractivity contribution in [1.29, 1.82) is 0 Å². The fourth-order valence-electron chi connectivity index (χ4n) is 3.30. The summed E-state index contributed by atoms with van der Waals surface area (Å²) in [6, 6.07) is 13.4. The van der Waals surface area contributed by atoms with Gasteiger partial charge in [0.25, 0.3) is 5.91 Å². The highest BCUT2D eigenvalue weighted by Crippen LogP contribution is 2.28. The van der Waals surface area contributed by atoms with E-state index in [0.29, 0.717) is 23.9 Å². The van der Waals surface area contributed by atoms with Gasteiger partial charge < -0.3 is 19.3 Å². The van der Waals surface area contributed by atoms with Crippen molar-refractivity contribution in [2.45, 2.75) is 20.0 Å². The van der Waals surface area contributed by atoms with E-state index in [1.54, 1.807) is 26.2 Å². The van der Waals surface area contributed by atoms with E-state index in [2.05, 4.69) is 4.90 Å². The SMILES string of the molecule is COc1ccccc1N1CCN(C(=O)C(C)Oc2ccc(Cl)cc2C)CC1. The van der Waals surface area contributed by atoms with Gasteiger partial charge in [-0.3, -0.25) is 4.79 Å². The van der Waals surface area contributed by atoms with Crippen LogP contribution in [0.15, 0.2) is 42.5 Å². The van der Waals surface area contributed by atoms with Crippen LogP contribution in [0.4, 0.5) is 5.69 Å². The number of ether oxygens (including phenoxy) is 2. The Labute approximate surface area is 165 Å². The molecule has 0 bridgehead atoms. The number of hydrogen-bond donors (Lipinski definition) is 0. The summed E-state index contributed by atoms with van der Waals surface area (Å²) in [4.78, 5) is 16.9. The summed E-state index contributed by atoms with van der Waals surface area (Å²) in [5, 5.41) is 0.659. The molecular formula is C21H25ClN2O3. The minimum absolute atomic E-state index is 0.00373. The molecule has 1 amide bonds. The fourth-order valence-corrected chi connectivity index (χ4v) is 3.53. The van der Waals surface area contributed by atoms with Gasteiger partial charge in [-0.2, -0.15) is 0 Å². The minimum atomic E-state index is -0.539. The number of para-hydroxylation sites is 2. The number of halogens is 1. The van der Waals surface area contributed by atoms with E-state index >= 15 is 0 Å². The van der Waals surface area contributed by atoms with E-state index in [9.17, 15) is 4.79 Å². The zero-order chi connectivity index (χ0) is 19.4. The molecule has 0 aromatic heterocycles. The average molecular weight is 389 g/mol. The Morgan fingerprint density at radius 1 is 1.07 bits per heavy atom. The monoisotopic (exact) mass is 388 g/mol. The normalized spacial score (nSPS) is 15.4. The molecule has 1 heterocycles. The first kappa shape index (κ1) is 19.4. The molecule has 3 rings (SSSR count). The molecule has 1 aliphatic heterocycles. The molecular weight excluding hydrogens is 364 g/mol. The van der Waals surface area contributed by atoms with Crippen molar-refractivity contribution in [3.05, 3.63) is 53.1 Å². The van der Waals surface area contributed by atoms with Crippen molar-refractivity contribution < 1.29 is 14.3 Å². The number of nitrogens with zero attached hydrogens (tertiary/aromatic N) is 2. The van der Waals surface area contributed by atoms with Crippen LogP contribution in [0, 0.1) is 6.92 Å². The highest BCUT2D eigenvalue weighted by molar-refractivity contribution is 6.30. The predicted octanol–water partition coefficient (Wildman–Crippen LogP) is 3.77. The first-order chi connectivity index (χ1) is 13.0. The number of benzene rings is 2. The number of anilines is 1. The van der Waals surface area contributed by atoms with Crippen LogP contribution < -0.4 is 14.4 Å². The quantitative estimate of drug-likeness (QED) is 0.781. The van der Waals surface area contributed by atoms with E-state index in [0.717, 1.165) is 30.1 Å². The summed E-state index contributed by atoms with van der Waals surface area (Å²) in [7, 11) is 1.68. The van der Waals surface area contributed by atoms with E-state index in [1.165, 1.54) is 0 Å². The number of carbonyl (C=O) groups is 1. The lowest BCUT2D eigenvalue weighted by Crippen LogP contribution is -2.52. The molecule has 1 fully saturated rings. The molecule has 1 saturated heterocycles. The Balaban J connectivity index is 1.59. The molecule has 5 nitrogen and oxygen atoms in total. The van der Waals surface area contributed by atoms with Gasteiger partial charge in [0.2, 0.25) is 0 Å². The maximum Gasteiger partial charge on any atom is 0.263 e. The summed E-state index contributed by atoms with van der Waals surface area (Å²) in [6.07, 6.45) is -0.539. The second-order valence-electron chi connectivity index (χ2n) is 6.65. The highest BCUT2D eigenvalue weighted by Gasteiger charge is 2.27. The maximum absolute atomic E-state index is 12.8. The van der Waals surface area contributed by atoms with Crippen LogP contribution in [-0.4, -0.2) is 50.2 Å². The van der Waals surface area contributed by atoms with Gasteiger partial charge in [0, 0.05) is 31.2 Å². The molecule has 144 valence electrons. The Hall–Kier alpha value is -2.40. The zero-order valence-electron chi connectivity index (χ0n) is 15.9. The highest BCUT2D eigenvalue weighted by atomic mass is 35.5. The van der Waals surface area contributed by atoms with Crippen molar-refractivity contribution in [3.8, 4) is 11.5 Å². The predicted molar refractivity (Wildman–Crippen MR) is 108 cm³/mol. The molecule has 2 aromatic carbocycles. The summed E-state index contributed by atoms with van der Waals surface area (Å²) in [6.45, 7) is 6.55. The van der Waals surface area contributed by atoms with Crippen LogP contribution in [0.5, 0.6) is 11.5 Å². The molecule has 1 atom stereocenters. The number of aryl methyl sites for hydroxylation is 1. The number of methoxy groups -OCH3 is 1. The molecule has 0 spiro atoms. The van der Waals surface area contributed by atoms with Crippen LogP contribution >= 0.6 is 11.6 Å². The van der Waals surface area contributed by atoms with E-state index in [4.69, 9.17) is 21.1 Å². The third-order valence-corrected chi connectivity index (χ3v) is 5.04. The Morgan fingerprint density at radius 3 is 2.44 bits per heavy atom.